The summed E-state index contributed by atoms with van der Waals surface area (Å²) in [5.74, 6) is 5.14. The lowest BCUT2D eigenvalue weighted by Gasteiger charge is -2.18. The molecule has 0 fully saturated rings. The van der Waals surface area contributed by atoms with Crippen LogP contribution in [0.15, 0.2) is 48.5 Å². The van der Waals surface area contributed by atoms with Crippen LogP contribution >= 0.6 is 11.3 Å². The lowest BCUT2D eigenvalue weighted by atomic mass is 10.0. The summed E-state index contributed by atoms with van der Waals surface area (Å²) in [5, 5.41) is 11.9. The van der Waals surface area contributed by atoms with E-state index in [0.717, 1.165) is 10.2 Å². The summed E-state index contributed by atoms with van der Waals surface area (Å²) in [7, 11) is 0. The first-order chi connectivity index (χ1) is 12.9. The number of hydroxylamine groups is 1. The second-order valence-corrected chi connectivity index (χ2v) is 7.36. The van der Waals surface area contributed by atoms with Crippen molar-refractivity contribution in [1.29, 1.82) is 0 Å². The lowest BCUT2D eigenvalue weighted by molar-refractivity contribution is 0.0706. The van der Waals surface area contributed by atoms with Crippen molar-refractivity contribution in [3.8, 4) is 11.8 Å². The first-order valence-corrected chi connectivity index (χ1v) is 8.95. The summed E-state index contributed by atoms with van der Waals surface area (Å²) in [5.41, 5.74) is 2.62. The highest BCUT2D eigenvalue weighted by molar-refractivity contribution is 7.20. The van der Waals surface area contributed by atoms with Gasteiger partial charge in [0, 0.05) is 11.1 Å². The molecular formula is C20H17N3O3S. The highest BCUT2D eigenvalue weighted by atomic mass is 32.1. The van der Waals surface area contributed by atoms with Crippen LogP contribution in [-0.2, 0) is 0 Å². The molecule has 0 unspecified atom stereocenters. The number of para-hydroxylation sites is 1. The zero-order valence-corrected chi connectivity index (χ0v) is 15.6. The molecule has 136 valence electrons. The third kappa shape index (κ3) is 4.50. The van der Waals surface area contributed by atoms with Crippen LogP contribution in [0.1, 0.15) is 39.6 Å². The number of nitrogens with one attached hydrogen (secondary N) is 2. The minimum absolute atomic E-state index is 0.273. The standard InChI is InChI=1S/C20H17N3O3S/c1-20(2,12-11-13-7-9-14(10-8-13)17(24)23-26)22-18(25)19-21-15-5-3-4-6-16(15)27-19/h3-10,26H,1-2H3,(H,22,25)(H,23,24). The molecule has 3 aromatic rings. The fourth-order valence-corrected chi connectivity index (χ4v) is 3.20. The smallest absolute Gasteiger partial charge is 0.281 e. The molecule has 2 aromatic carbocycles. The summed E-state index contributed by atoms with van der Waals surface area (Å²) in [6, 6.07) is 14.0. The van der Waals surface area contributed by atoms with Gasteiger partial charge in [-0.25, -0.2) is 10.5 Å². The first kappa shape index (κ1) is 18.6. The number of benzene rings is 2. The Balaban J connectivity index is 1.72. The van der Waals surface area contributed by atoms with Crippen molar-refractivity contribution in [3.63, 3.8) is 0 Å². The summed E-state index contributed by atoms with van der Waals surface area (Å²) >= 11 is 1.34. The Hall–Kier alpha value is -3.21. The number of carbonyl (C=O) groups excluding carboxylic acids is 2. The number of aromatic nitrogens is 1. The zero-order chi connectivity index (χ0) is 19.4. The molecule has 2 amide bonds. The molecule has 0 aliphatic rings. The van der Waals surface area contributed by atoms with E-state index in [4.69, 9.17) is 5.21 Å². The fourth-order valence-electron chi connectivity index (χ4n) is 2.34. The number of thiazole rings is 1. The number of rotatable bonds is 3. The van der Waals surface area contributed by atoms with Gasteiger partial charge in [0.15, 0.2) is 5.01 Å². The average molecular weight is 379 g/mol. The van der Waals surface area contributed by atoms with Crippen LogP contribution < -0.4 is 10.8 Å². The van der Waals surface area contributed by atoms with Crippen molar-refractivity contribution < 1.29 is 14.8 Å². The van der Waals surface area contributed by atoms with Crippen molar-refractivity contribution in [1.82, 2.24) is 15.8 Å². The van der Waals surface area contributed by atoms with Gasteiger partial charge in [-0.1, -0.05) is 24.0 Å². The molecule has 0 saturated heterocycles. The SMILES string of the molecule is CC(C)(C#Cc1ccc(C(=O)NO)cc1)NC(=O)c1nc2ccccc2s1. The number of nitrogens with zero attached hydrogens (tertiary/aromatic N) is 1. The summed E-state index contributed by atoms with van der Waals surface area (Å²) in [4.78, 5) is 28.2. The normalized spacial score (nSPS) is 10.8. The van der Waals surface area contributed by atoms with Crippen LogP contribution in [0.2, 0.25) is 0 Å². The molecule has 3 rings (SSSR count). The van der Waals surface area contributed by atoms with Crippen LogP contribution in [0.3, 0.4) is 0 Å². The molecule has 1 aromatic heterocycles. The van der Waals surface area contributed by atoms with Crippen LogP contribution in [-0.4, -0.2) is 27.5 Å². The van der Waals surface area contributed by atoms with Gasteiger partial charge < -0.3 is 5.32 Å². The second kappa shape index (κ2) is 7.58. The molecule has 7 heteroatoms. The maximum absolute atomic E-state index is 12.5. The van der Waals surface area contributed by atoms with Crippen molar-refractivity contribution in [2.24, 2.45) is 0 Å². The maximum Gasteiger partial charge on any atom is 0.281 e. The third-order valence-corrected chi connectivity index (χ3v) is 4.72. The van der Waals surface area contributed by atoms with E-state index in [1.165, 1.54) is 11.3 Å². The van der Waals surface area contributed by atoms with Crippen molar-refractivity contribution >= 4 is 33.4 Å². The van der Waals surface area contributed by atoms with Gasteiger partial charge >= 0.3 is 0 Å². The number of hydrogen-bond donors (Lipinski definition) is 3. The first-order valence-electron chi connectivity index (χ1n) is 8.14. The molecule has 0 bridgehead atoms. The van der Waals surface area contributed by atoms with Gasteiger partial charge in [0.05, 0.1) is 15.8 Å². The van der Waals surface area contributed by atoms with Gasteiger partial charge in [-0.2, -0.15) is 0 Å². The third-order valence-electron chi connectivity index (χ3n) is 3.68. The minimum Gasteiger partial charge on any atom is -0.334 e. The number of carbonyl (C=O) groups is 2. The van der Waals surface area contributed by atoms with E-state index in [-0.39, 0.29) is 5.91 Å². The predicted molar refractivity (Wildman–Crippen MR) is 104 cm³/mol. The average Bonchev–Trinajstić information content (AvgIpc) is 3.10. The molecule has 6 nitrogen and oxygen atoms in total. The van der Waals surface area contributed by atoms with E-state index < -0.39 is 11.4 Å². The van der Waals surface area contributed by atoms with E-state index in [0.29, 0.717) is 16.1 Å². The Morgan fingerprint density at radius 1 is 1.07 bits per heavy atom. The van der Waals surface area contributed by atoms with E-state index in [2.05, 4.69) is 22.1 Å². The van der Waals surface area contributed by atoms with E-state index >= 15 is 0 Å². The monoisotopic (exact) mass is 379 g/mol. The van der Waals surface area contributed by atoms with Crippen molar-refractivity contribution in [3.05, 3.63) is 64.7 Å². The molecule has 0 radical (unpaired) electrons. The largest absolute Gasteiger partial charge is 0.334 e. The quantitative estimate of drug-likeness (QED) is 0.371. The van der Waals surface area contributed by atoms with Crippen molar-refractivity contribution in [2.45, 2.75) is 19.4 Å². The van der Waals surface area contributed by atoms with Gasteiger partial charge in [-0.15, -0.1) is 11.3 Å². The van der Waals surface area contributed by atoms with Gasteiger partial charge in [-0.05, 0) is 50.2 Å². The topological polar surface area (TPSA) is 91.3 Å². The van der Waals surface area contributed by atoms with Gasteiger partial charge in [0.25, 0.3) is 11.8 Å². The van der Waals surface area contributed by atoms with Gasteiger partial charge in [0.1, 0.15) is 0 Å². The molecule has 3 N–H and O–H groups in total. The molecule has 1 heterocycles. The van der Waals surface area contributed by atoms with Crippen LogP contribution in [0, 0.1) is 11.8 Å². The Morgan fingerprint density at radius 2 is 1.78 bits per heavy atom. The summed E-state index contributed by atoms with van der Waals surface area (Å²) in [6.45, 7) is 3.61. The highest BCUT2D eigenvalue weighted by Crippen LogP contribution is 2.21. The zero-order valence-electron chi connectivity index (χ0n) is 14.7. The van der Waals surface area contributed by atoms with Crippen molar-refractivity contribution in [2.75, 3.05) is 0 Å². The lowest BCUT2D eigenvalue weighted by Crippen LogP contribution is -2.42. The molecule has 0 aliphatic heterocycles. The van der Waals surface area contributed by atoms with Crippen LogP contribution in [0.5, 0.6) is 0 Å². The molecule has 0 atom stereocenters. The molecule has 0 spiro atoms. The summed E-state index contributed by atoms with van der Waals surface area (Å²) in [6.07, 6.45) is 0. The fraction of sp³-hybridized carbons (Fsp3) is 0.150. The number of hydrogen-bond acceptors (Lipinski definition) is 5. The Labute approximate surface area is 160 Å². The minimum atomic E-state index is -0.768. The Bertz CT molecular complexity index is 1030. The molecule has 0 saturated carbocycles. The molecule has 27 heavy (non-hydrogen) atoms. The van der Waals surface area contributed by atoms with E-state index in [1.54, 1.807) is 43.6 Å². The number of amides is 2. The van der Waals surface area contributed by atoms with E-state index in [9.17, 15) is 9.59 Å². The summed E-state index contributed by atoms with van der Waals surface area (Å²) < 4.78 is 0.957. The number of fused-ring (bicyclic) bond motifs is 1. The second-order valence-electron chi connectivity index (χ2n) is 6.33. The molecule has 0 aliphatic carbocycles. The predicted octanol–water partition coefficient (Wildman–Crippen LogP) is 2.98. The molecular weight excluding hydrogens is 362 g/mol. The maximum atomic E-state index is 12.5. The van der Waals surface area contributed by atoms with Gasteiger partial charge in [0.2, 0.25) is 0 Å². The van der Waals surface area contributed by atoms with Crippen LogP contribution in [0.4, 0.5) is 0 Å². The Kier molecular flexibility index (Phi) is 5.21. The van der Waals surface area contributed by atoms with Crippen LogP contribution in [0.25, 0.3) is 10.2 Å². The van der Waals surface area contributed by atoms with E-state index in [1.807, 2.05) is 24.3 Å². The van der Waals surface area contributed by atoms with Gasteiger partial charge in [-0.3, -0.25) is 14.8 Å². The highest BCUT2D eigenvalue weighted by Gasteiger charge is 2.21. The Morgan fingerprint density at radius 3 is 2.44 bits per heavy atom.